The first-order valence-corrected chi connectivity index (χ1v) is 14.7. The molecule has 39 heavy (non-hydrogen) atoms. The Morgan fingerprint density at radius 3 is 2.56 bits per heavy atom. The highest BCUT2D eigenvalue weighted by molar-refractivity contribution is 5.98. The van der Waals surface area contributed by atoms with Crippen LogP contribution in [0, 0.1) is 17.8 Å². The first-order valence-electron chi connectivity index (χ1n) is 14.7. The van der Waals surface area contributed by atoms with E-state index in [0.717, 1.165) is 19.5 Å². The number of aliphatic hydroxyl groups excluding tert-OH is 1. The number of carbonyl (C=O) groups excluding carboxylic acids is 3. The number of esters is 1. The number of morpholine rings is 1. The minimum Gasteiger partial charge on any atom is -0.466 e. The van der Waals surface area contributed by atoms with Crippen molar-refractivity contribution in [2.45, 2.75) is 76.7 Å². The smallest absolute Gasteiger partial charge is 0.312 e. The molecular weight excluding hydrogens is 502 g/mol. The summed E-state index contributed by atoms with van der Waals surface area (Å²) < 4.78 is 17.8. The maximum Gasteiger partial charge on any atom is 0.312 e. The van der Waals surface area contributed by atoms with Gasteiger partial charge in [-0.1, -0.05) is 33.3 Å². The van der Waals surface area contributed by atoms with Crippen molar-refractivity contribution in [2.24, 2.45) is 17.8 Å². The van der Waals surface area contributed by atoms with Crippen LogP contribution < -0.4 is 0 Å². The standard InChI is InChI=1S/C29H47N3O7/c1-6-12-31(14-13-30-15-17-37-18-16-30)26(35)24-29-11-10-28(8-3,39-29)23(27(36)38-9-4)22(29)25(34)32(24)21(19-33)20(5)7-2/h6,20-24,33H,1,7-19H2,2-5H3/t20-,21-,22-,23+,24?,28-,29?/m0/s1. The SMILES string of the molecule is C=CCN(CCN1CCOCC1)C(=O)C1N([C@@H](CO)[C@@H](C)CC)C(=O)[C@@H]2[C@H](C(=O)OCC)[C@]3(CC)CCC12O3. The summed E-state index contributed by atoms with van der Waals surface area (Å²) in [5.41, 5.74) is -1.97. The Morgan fingerprint density at radius 2 is 1.97 bits per heavy atom. The van der Waals surface area contributed by atoms with Crippen molar-refractivity contribution in [2.75, 3.05) is 59.2 Å². The van der Waals surface area contributed by atoms with Crippen molar-refractivity contribution < 1.29 is 33.7 Å². The van der Waals surface area contributed by atoms with Gasteiger partial charge in [-0.3, -0.25) is 19.3 Å². The highest BCUT2D eigenvalue weighted by atomic mass is 16.6. The van der Waals surface area contributed by atoms with Crippen LogP contribution in [0.5, 0.6) is 0 Å². The lowest BCUT2D eigenvalue weighted by atomic mass is 9.65. The van der Waals surface area contributed by atoms with E-state index in [4.69, 9.17) is 14.2 Å². The Kier molecular flexibility index (Phi) is 9.41. The van der Waals surface area contributed by atoms with Gasteiger partial charge >= 0.3 is 5.97 Å². The minimum absolute atomic E-state index is 0.0518. The lowest BCUT2D eigenvalue weighted by Gasteiger charge is -2.41. The van der Waals surface area contributed by atoms with Crippen LogP contribution in [0.2, 0.25) is 0 Å². The number of ether oxygens (including phenoxy) is 3. The number of hydrogen-bond acceptors (Lipinski definition) is 8. The second kappa shape index (κ2) is 12.2. The molecule has 4 saturated heterocycles. The number of fused-ring (bicyclic) bond motifs is 1. The van der Waals surface area contributed by atoms with Gasteiger partial charge in [0.05, 0.1) is 44.0 Å². The van der Waals surface area contributed by atoms with Crippen LogP contribution in [-0.4, -0.2) is 120 Å². The van der Waals surface area contributed by atoms with Crippen LogP contribution in [0.4, 0.5) is 0 Å². The molecule has 0 aromatic rings. The van der Waals surface area contributed by atoms with Gasteiger partial charge in [-0.25, -0.2) is 0 Å². The van der Waals surface area contributed by atoms with Gasteiger partial charge < -0.3 is 29.1 Å². The third-order valence-electron chi connectivity index (χ3n) is 9.69. The average Bonchev–Trinajstić information content (AvgIpc) is 3.55. The summed E-state index contributed by atoms with van der Waals surface area (Å²) in [7, 11) is 0. The Labute approximate surface area is 232 Å². The summed E-state index contributed by atoms with van der Waals surface area (Å²) in [6, 6.07) is -1.50. The Morgan fingerprint density at radius 1 is 1.26 bits per heavy atom. The molecule has 4 aliphatic rings. The molecule has 4 heterocycles. The summed E-state index contributed by atoms with van der Waals surface area (Å²) >= 11 is 0. The van der Waals surface area contributed by atoms with E-state index in [1.807, 2.05) is 20.8 Å². The van der Waals surface area contributed by atoms with Gasteiger partial charge in [-0.15, -0.1) is 6.58 Å². The van der Waals surface area contributed by atoms with Gasteiger partial charge in [0.2, 0.25) is 11.8 Å². The van der Waals surface area contributed by atoms with Crippen LogP contribution in [0.1, 0.15) is 53.4 Å². The number of amides is 2. The lowest BCUT2D eigenvalue weighted by Crippen LogP contribution is -2.60. The van der Waals surface area contributed by atoms with E-state index in [1.165, 1.54) is 0 Å². The molecular formula is C29H47N3O7. The molecule has 4 rings (SSSR count). The van der Waals surface area contributed by atoms with E-state index in [0.29, 0.717) is 52.1 Å². The lowest BCUT2D eigenvalue weighted by molar-refractivity contribution is -0.164. The van der Waals surface area contributed by atoms with E-state index < -0.39 is 41.1 Å². The van der Waals surface area contributed by atoms with E-state index in [1.54, 1.807) is 22.8 Å². The van der Waals surface area contributed by atoms with Crippen molar-refractivity contribution in [3.8, 4) is 0 Å². The fraction of sp³-hybridized carbons (Fsp3) is 0.828. The maximum atomic E-state index is 14.6. The summed E-state index contributed by atoms with van der Waals surface area (Å²) in [5, 5.41) is 10.5. The van der Waals surface area contributed by atoms with E-state index in [2.05, 4.69) is 11.5 Å². The third-order valence-corrected chi connectivity index (χ3v) is 9.69. The van der Waals surface area contributed by atoms with E-state index in [9.17, 15) is 19.5 Å². The number of likely N-dealkylation sites (tertiary alicyclic amines) is 1. The zero-order valence-electron chi connectivity index (χ0n) is 24.1. The molecule has 10 heteroatoms. The zero-order valence-corrected chi connectivity index (χ0v) is 24.1. The van der Waals surface area contributed by atoms with Crippen LogP contribution in [0.15, 0.2) is 12.7 Å². The van der Waals surface area contributed by atoms with Gasteiger partial charge in [-0.2, -0.15) is 0 Å². The molecule has 2 unspecified atom stereocenters. The predicted octanol–water partition coefficient (Wildman–Crippen LogP) is 1.46. The maximum absolute atomic E-state index is 14.6. The second-order valence-corrected chi connectivity index (χ2v) is 11.5. The number of rotatable bonds is 13. The molecule has 7 atom stereocenters. The molecule has 4 fully saturated rings. The highest BCUT2D eigenvalue weighted by Gasteiger charge is 2.79. The molecule has 4 aliphatic heterocycles. The van der Waals surface area contributed by atoms with Crippen LogP contribution in [-0.2, 0) is 28.6 Å². The van der Waals surface area contributed by atoms with Crippen molar-refractivity contribution in [1.82, 2.24) is 14.7 Å². The molecule has 1 N–H and O–H groups in total. The fourth-order valence-corrected chi connectivity index (χ4v) is 7.40. The normalized spacial score (nSPS) is 33.6. The minimum atomic E-state index is -1.14. The summed E-state index contributed by atoms with van der Waals surface area (Å²) in [4.78, 5) is 47.9. The summed E-state index contributed by atoms with van der Waals surface area (Å²) in [6.45, 7) is 15.9. The quantitative estimate of drug-likeness (QED) is 0.272. The first kappa shape index (κ1) is 30.0. The first-order chi connectivity index (χ1) is 18.7. The highest BCUT2D eigenvalue weighted by Crippen LogP contribution is 2.65. The molecule has 0 aromatic carbocycles. The molecule has 220 valence electrons. The average molecular weight is 550 g/mol. The monoisotopic (exact) mass is 549 g/mol. The van der Waals surface area contributed by atoms with Crippen molar-refractivity contribution in [3.63, 3.8) is 0 Å². The number of carbonyl (C=O) groups is 3. The number of hydrogen-bond donors (Lipinski definition) is 1. The molecule has 1 spiro atoms. The fourth-order valence-electron chi connectivity index (χ4n) is 7.40. The van der Waals surface area contributed by atoms with Gasteiger partial charge in [0, 0.05) is 32.7 Å². The van der Waals surface area contributed by atoms with Gasteiger partial charge in [0.1, 0.15) is 17.6 Å². The Balaban J connectivity index is 1.75. The third kappa shape index (κ3) is 5.02. The zero-order chi connectivity index (χ0) is 28.4. The predicted molar refractivity (Wildman–Crippen MR) is 145 cm³/mol. The molecule has 0 aromatic heterocycles. The van der Waals surface area contributed by atoms with Gasteiger partial charge in [0.15, 0.2) is 0 Å². The van der Waals surface area contributed by atoms with Gasteiger partial charge in [0.25, 0.3) is 0 Å². The summed E-state index contributed by atoms with van der Waals surface area (Å²) in [6.07, 6.45) is 4.06. The molecule has 0 radical (unpaired) electrons. The number of nitrogens with zero attached hydrogens (tertiary/aromatic N) is 3. The Bertz CT molecular complexity index is 925. The van der Waals surface area contributed by atoms with Crippen molar-refractivity contribution >= 4 is 17.8 Å². The molecule has 2 bridgehead atoms. The van der Waals surface area contributed by atoms with Crippen molar-refractivity contribution in [1.29, 1.82) is 0 Å². The van der Waals surface area contributed by atoms with E-state index in [-0.39, 0.29) is 30.9 Å². The molecule has 10 nitrogen and oxygen atoms in total. The second-order valence-electron chi connectivity index (χ2n) is 11.5. The largest absolute Gasteiger partial charge is 0.466 e. The van der Waals surface area contributed by atoms with Gasteiger partial charge in [-0.05, 0) is 32.1 Å². The van der Waals surface area contributed by atoms with E-state index >= 15 is 0 Å². The topological polar surface area (TPSA) is 109 Å². The molecule has 2 amide bonds. The molecule has 0 saturated carbocycles. The van der Waals surface area contributed by atoms with Crippen LogP contribution >= 0.6 is 0 Å². The summed E-state index contributed by atoms with van der Waals surface area (Å²) in [5.74, 6) is -2.58. The Hall–Kier alpha value is -2.01. The van der Waals surface area contributed by atoms with Crippen LogP contribution in [0.3, 0.4) is 0 Å². The molecule has 0 aliphatic carbocycles. The number of aliphatic hydroxyl groups is 1. The van der Waals surface area contributed by atoms with Crippen molar-refractivity contribution in [3.05, 3.63) is 12.7 Å². The van der Waals surface area contributed by atoms with Crippen LogP contribution in [0.25, 0.3) is 0 Å².